The maximum atomic E-state index is 3.42. The van der Waals surface area contributed by atoms with Gasteiger partial charge in [0.15, 0.2) is 0 Å². The molecule has 0 atom stereocenters. The maximum absolute atomic E-state index is 3.42. The smallest absolute Gasteiger partial charge is 0.0340 e. The normalized spacial score (nSPS) is 13.5. The van der Waals surface area contributed by atoms with Gasteiger partial charge in [-0.05, 0) is 36.6 Å². The van der Waals surface area contributed by atoms with E-state index in [1.807, 2.05) is 36.5 Å². The zero-order valence-corrected chi connectivity index (χ0v) is 9.71. The minimum absolute atomic E-state index is 0.860. The van der Waals surface area contributed by atoms with Crippen LogP contribution >= 0.6 is 15.9 Å². The molecule has 1 heterocycles. The first-order valence-corrected chi connectivity index (χ1v) is 5.51. The van der Waals surface area contributed by atoms with Gasteiger partial charge in [-0.1, -0.05) is 33.8 Å². The Kier molecular flexibility index (Phi) is 3.26. The fourth-order valence-electron chi connectivity index (χ4n) is 1.26. The average molecular weight is 260 g/mol. The zero-order valence-electron chi connectivity index (χ0n) is 8.13. The lowest BCUT2D eigenvalue weighted by atomic mass is 10.2. The summed E-state index contributed by atoms with van der Waals surface area (Å²) < 4.78 is 1.06. The van der Waals surface area contributed by atoms with Crippen molar-refractivity contribution in [1.82, 2.24) is 5.32 Å². The number of rotatable bonds is 0. The quantitative estimate of drug-likeness (QED) is 0.707. The third-order valence-corrected chi connectivity index (χ3v) is 2.49. The molecule has 0 saturated heterocycles. The monoisotopic (exact) mass is 259 g/mol. The second-order valence-electron chi connectivity index (χ2n) is 3.16. The lowest BCUT2D eigenvalue weighted by molar-refractivity contribution is 0.966. The van der Waals surface area contributed by atoms with E-state index in [-0.39, 0.29) is 0 Å². The van der Waals surface area contributed by atoms with E-state index in [1.165, 1.54) is 0 Å². The molecule has 1 N–H and O–H groups in total. The van der Waals surface area contributed by atoms with E-state index in [1.54, 1.807) is 0 Å². The second kappa shape index (κ2) is 4.86. The van der Waals surface area contributed by atoms with Gasteiger partial charge in [0.05, 0.1) is 0 Å². The molecule has 0 unspecified atom stereocenters. The Morgan fingerprint density at radius 2 is 2.20 bits per heavy atom. The van der Waals surface area contributed by atoms with Crippen LogP contribution in [0.3, 0.4) is 0 Å². The van der Waals surface area contributed by atoms with Gasteiger partial charge in [0.2, 0.25) is 0 Å². The van der Waals surface area contributed by atoms with Gasteiger partial charge in [0.25, 0.3) is 0 Å². The molecule has 0 spiro atoms. The SMILES string of the molecule is Brc1cccc(C#CC2=CCNC=C2)c1. The van der Waals surface area contributed by atoms with Crippen LogP contribution in [-0.2, 0) is 0 Å². The van der Waals surface area contributed by atoms with Gasteiger partial charge < -0.3 is 5.32 Å². The third kappa shape index (κ3) is 3.00. The molecule has 1 aromatic rings. The van der Waals surface area contributed by atoms with Crippen molar-refractivity contribution in [3.05, 3.63) is 58.2 Å². The molecular formula is C13H10BrN. The van der Waals surface area contributed by atoms with Gasteiger partial charge in [-0.2, -0.15) is 0 Å². The summed E-state index contributed by atoms with van der Waals surface area (Å²) in [5.74, 6) is 6.26. The zero-order chi connectivity index (χ0) is 10.5. The minimum atomic E-state index is 0.860. The van der Waals surface area contributed by atoms with E-state index in [4.69, 9.17) is 0 Å². The van der Waals surface area contributed by atoms with Crippen LogP contribution < -0.4 is 5.32 Å². The molecule has 1 aliphatic heterocycles. The third-order valence-electron chi connectivity index (χ3n) is 2.00. The van der Waals surface area contributed by atoms with Crippen molar-refractivity contribution >= 4 is 15.9 Å². The van der Waals surface area contributed by atoms with E-state index in [9.17, 15) is 0 Å². The van der Waals surface area contributed by atoms with Crippen LogP contribution in [0.2, 0.25) is 0 Å². The number of halogens is 1. The topological polar surface area (TPSA) is 12.0 Å². The molecule has 1 aliphatic rings. The number of benzene rings is 1. The summed E-state index contributed by atoms with van der Waals surface area (Å²) in [7, 11) is 0. The molecule has 0 radical (unpaired) electrons. The fourth-order valence-corrected chi connectivity index (χ4v) is 1.66. The second-order valence-corrected chi connectivity index (χ2v) is 4.08. The minimum Gasteiger partial charge on any atom is -0.387 e. The standard InChI is InChI=1S/C13H10BrN/c14-13-3-1-2-12(10-13)5-4-11-6-8-15-9-7-11/h1-3,6-8,10,15H,9H2. The number of hydrogen-bond donors (Lipinski definition) is 1. The highest BCUT2D eigenvalue weighted by molar-refractivity contribution is 9.10. The molecule has 2 heteroatoms. The molecule has 0 fully saturated rings. The first-order chi connectivity index (χ1) is 7.34. The Morgan fingerprint density at radius 3 is 2.93 bits per heavy atom. The molecule has 2 rings (SSSR count). The Morgan fingerprint density at radius 1 is 1.27 bits per heavy atom. The predicted octanol–water partition coefficient (Wildman–Crippen LogP) is 2.84. The Labute approximate surface area is 98.0 Å². The molecule has 74 valence electrons. The van der Waals surface area contributed by atoms with Crippen molar-refractivity contribution < 1.29 is 0 Å². The predicted molar refractivity (Wildman–Crippen MR) is 66.2 cm³/mol. The summed E-state index contributed by atoms with van der Waals surface area (Å²) in [6, 6.07) is 8.00. The first kappa shape index (κ1) is 10.1. The van der Waals surface area contributed by atoms with Gasteiger partial charge in [-0.25, -0.2) is 0 Å². The van der Waals surface area contributed by atoms with E-state index >= 15 is 0 Å². The largest absolute Gasteiger partial charge is 0.387 e. The summed E-state index contributed by atoms with van der Waals surface area (Å²) in [5.41, 5.74) is 2.09. The van der Waals surface area contributed by atoms with Gasteiger partial charge >= 0.3 is 0 Å². The van der Waals surface area contributed by atoms with Crippen LogP contribution in [0.15, 0.2) is 52.7 Å². The summed E-state index contributed by atoms with van der Waals surface area (Å²) in [6.07, 6.45) is 5.98. The van der Waals surface area contributed by atoms with Crippen molar-refractivity contribution in [2.24, 2.45) is 0 Å². The summed E-state index contributed by atoms with van der Waals surface area (Å²) >= 11 is 3.42. The number of allylic oxidation sites excluding steroid dienone is 2. The first-order valence-electron chi connectivity index (χ1n) is 4.72. The van der Waals surface area contributed by atoms with Crippen molar-refractivity contribution in [3.63, 3.8) is 0 Å². The van der Waals surface area contributed by atoms with Gasteiger partial charge in [0.1, 0.15) is 0 Å². The Hall–Kier alpha value is -1.46. The highest BCUT2D eigenvalue weighted by Gasteiger charge is 1.91. The summed E-state index contributed by atoms with van der Waals surface area (Å²) in [6.45, 7) is 0.860. The highest BCUT2D eigenvalue weighted by atomic mass is 79.9. The molecule has 0 saturated carbocycles. The van der Waals surface area contributed by atoms with Crippen LogP contribution in [0.1, 0.15) is 5.56 Å². The van der Waals surface area contributed by atoms with Crippen molar-refractivity contribution in [2.45, 2.75) is 0 Å². The average Bonchev–Trinajstić information content (AvgIpc) is 2.28. The lowest BCUT2D eigenvalue weighted by Crippen LogP contribution is -2.07. The van der Waals surface area contributed by atoms with E-state index in [2.05, 4.69) is 39.2 Å². The molecule has 0 bridgehead atoms. The fraction of sp³-hybridized carbons (Fsp3) is 0.0769. The number of hydrogen-bond acceptors (Lipinski definition) is 1. The van der Waals surface area contributed by atoms with Crippen LogP contribution in [0.25, 0.3) is 0 Å². The molecule has 1 aromatic carbocycles. The molecule has 0 aliphatic carbocycles. The summed E-state index contributed by atoms with van der Waals surface area (Å²) in [5, 5.41) is 3.09. The van der Waals surface area contributed by atoms with Crippen molar-refractivity contribution in [3.8, 4) is 11.8 Å². The number of nitrogens with one attached hydrogen (secondary N) is 1. The van der Waals surface area contributed by atoms with Gasteiger partial charge in [0, 0.05) is 22.2 Å². The van der Waals surface area contributed by atoms with Crippen molar-refractivity contribution in [1.29, 1.82) is 0 Å². The van der Waals surface area contributed by atoms with Crippen LogP contribution in [0, 0.1) is 11.8 Å². The van der Waals surface area contributed by atoms with Gasteiger partial charge in [-0.3, -0.25) is 0 Å². The Bertz CT molecular complexity index is 475. The number of dihydropyridines is 1. The molecule has 1 nitrogen and oxygen atoms in total. The molecule has 0 aromatic heterocycles. The van der Waals surface area contributed by atoms with Crippen LogP contribution in [0.4, 0.5) is 0 Å². The molecule has 15 heavy (non-hydrogen) atoms. The Balaban J connectivity index is 2.18. The van der Waals surface area contributed by atoms with Crippen LogP contribution in [0.5, 0.6) is 0 Å². The van der Waals surface area contributed by atoms with E-state index < -0.39 is 0 Å². The molecule has 0 amide bonds. The summed E-state index contributed by atoms with van der Waals surface area (Å²) in [4.78, 5) is 0. The highest BCUT2D eigenvalue weighted by Crippen LogP contribution is 2.10. The lowest BCUT2D eigenvalue weighted by Gasteiger charge is -2.01. The van der Waals surface area contributed by atoms with E-state index in [0.717, 1.165) is 22.2 Å². The van der Waals surface area contributed by atoms with Crippen LogP contribution in [-0.4, -0.2) is 6.54 Å². The maximum Gasteiger partial charge on any atom is 0.0340 e. The van der Waals surface area contributed by atoms with E-state index in [0.29, 0.717) is 0 Å². The molecular weight excluding hydrogens is 250 g/mol. The van der Waals surface area contributed by atoms with Crippen molar-refractivity contribution in [2.75, 3.05) is 6.54 Å². The van der Waals surface area contributed by atoms with Gasteiger partial charge in [-0.15, -0.1) is 0 Å².